The summed E-state index contributed by atoms with van der Waals surface area (Å²) in [6.45, 7) is 12.3. The van der Waals surface area contributed by atoms with E-state index in [0.29, 0.717) is 64.6 Å². The van der Waals surface area contributed by atoms with Crippen molar-refractivity contribution in [2.75, 3.05) is 33.5 Å². The van der Waals surface area contributed by atoms with Gasteiger partial charge < -0.3 is 33.5 Å². The van der Waals surface area contributed by atoms with Crippen molar-refractivity contribution in [2.24, 2.45) is 11.8 Å². The van der Waals surface area contributed by atoms with Gasteiger partial charge in [0.2, 0.25) is 0 Å². The SMILES string of the molecule is CC(C)(C)OC(=O)CC1CCOC(=O)CC1.COC(=O)CCC(CCOC(=O)CCCCCO)CC(=O)OC(C)(C)C.O=C1CCCCCO1. The van der Waals surface area contributed by atoms with Gasteiger partial charge in [0.05, 0.1) is 26.9 Å². The van der Waals surface area contributed by atoms with Crippen LogP contribution in [0, 0.1) is 11.8 Å². The predicted molar refractivity (Wildman–Crippen MR) is 185 cm³/mol. The molecule has 0 amide bonds. The van der Waals surface area contributed by atoms with E-state index in [4.69, 9.17) is 28.8 Å². The highest BCUT2D eigenvalue weighted by Gasteiger charge is 2.24. The molecule has 0 bridgehead atoms. The van der Waals surface area contributed by atoms with Crippen LogP contribution in [-0.2, 0) is 57.2 Å². The minimum absolute atomic E-state index is 0.0255. The van der Waals surface area contributed by atoms with Crippen molar-refractivity contribution < 1.29 is 62.3 Å². The van der Waals surface area contributed by atoms with Gasteiger partial charge in [-0.3, -0.25) is 28.8 Å². The number of carbonyl (C=O) groups excluding carboxylic acids is 6. The molecule has 0 saturated carbocycles. The molecule has 2 rings (SSSR count). The highest BCUT2D eigenvalue weighted by Crippen LogP contribution is 2.22. The van der Waals surface area contributed by atoms with E-state index in [2.05, 4.69) is 4.74 Å². The number of ether oxygens (including phenoxy) is 6. The van der Waals surface area contributed by atoms with Crippen LogP contribution in [-0.4, -0.2) is 85.7 Å². The zero-order chi connectivity index (χ0) is 38.0. The predicted octanol–water partition coefficient (Wildman–Crippen LogP) is 5.94. The Hall–Kier alpha value is -3.22. The van der Waals surface area contributed by atoms with Crippen LogP contribution in [0.15, 0.2) is 0 Å². The molecule has 2 aliphatic heterocycles. The molecule has 2 unspecified atom stereocenters. The molecule has 0 aromatic rings. The van der Waals surface area contributed by atoms with Crippen molar-refractivity contribution in [1.82, 2.24) is 0 Å². The number of aliphatic hydroxyl groups is 1. The quantitative estimate of drug-likeness (QED) is 0.120. The third-order valence-corrected chi connectivity index (χ3v) is 7.40. The zero-order valence-corrected chi connectivity index (χ0v) is 31.6. The van der Waals surface area contributed by atoms with Crippen LogP contribution in [0.25, 0.3) is 0 Å². The second-order valence-corrected chi connectivity index (χ2v) is 14.6. The van der Waals surface area contributed by atoms with Gasteiger partial charge in [0.1, 0.15) is 11.2 Å². The van der Waals surface area contributed by atoms with Crippen LogP contribution < -0.4 is 0 Å². The summed E-state index contributed by atoms with van der Waals surface area (Å²) in [7, 11) is 1.32. The van der Waals surface area contributed by atoms with Crippen molar-refractivity contribution in [2.45, 2.75) is 155 Å². The second-order valence-electron chi connectivity index (χ2n) is 14.6. The monoisotopic (exact) mass is 716 g/mol. The molecule has 0 aliphatic carbocycles. The lowest BCUT2D eigenvalue weighted by atomic mass is 9.96. The maximum Gasteiger partial charge on any atom is 0.306 e. The van der Waals surface area contributed by atoms with Gasteiger partial charge in [0.25, 0.3) is 0 Å². The fraction of sp³-hybridized carbons (Fsp3) is 0.838. The molecule has 2 aliphatic rings. The Balaban J connectivity index is 0.000000834. The molecule has 2 heterocycles. The normalized spacial score (nSPS) is 17.0. The summed E-state index contributed by atoms with van der Waals surface area (Å²) < 4.78 is 30.1. The highest BCUT2D eigenvalue weighted by atomic mass is 16.6. The van der Waals surface area contributed by atoms with Crippen LogP contribution in [0.2, 0.25) is 0 Å². The van der Waals surface area contributed by atoms with Gasteiger partial charge in [0, 0.05) is 45.1 Å². The zero-order valence-electron chi connectivity index (χ0n) is 31.6. The lowest BCUT2D eigenvalue weighted by Crippen LogP contribution is -2.26. The minimum Gasteiger partial charge on any atom is -0.469 e. The number of aliphatic hydroxyl groups excluding tert-OH is 1. The van der Waals surface area contributed by atoms with Crippen molar-refractivity contribution >= 4 is 35.8 Å². The maximum atomic E-state index is 12.0. The Morgan fingerprint density at radius 3 is 2.02 bits per heavy atom. The van der Waals surface area contributed by atoms with E-state index in [-0.39, 0.29) is 73.7 Å². The molecule has 290 valence electrons. The fourth-order valence-electron chi connectivity index (χ4n) is 4.87. The largest absolute Gasteiger partial charge is 0.469 e. The molecule has 50 heavy (non-hydrogen) atoms. The number of cyclic esters (lactones) is 2. The molecule has 0 aromatic heterocycles. The van der Waals surface area contributed by atoms with Crippen molar-refractivity contribution in [3.63, 3.8) is 0 Å². The topological polar surface area (TPSA) is 178 Å². The summed E-state index contributed by atoms with van der Waals surface area (Å²) >= 11 is 0. The summed E-state index contributed by atoms with van der Waals surface area (Å²) in [5.74, 6) is -1.23. The summed E-state index contributed by atoms with van der Waals surface area (Å²) in [4.78, 5) is 68.1. The van der Waals surface area contributed by atoms with E-state index in [0.717, 1.165) is 38.5 Å². The maximum absolute atomic E-state index is 12.0. The molecular weight excluding hydrogens is 652 g/mol. The molecule has 0 spiro atoms. The number of esters is 6. The molecule has 2 saturated heterocycles. The fourth-order valence-corrected chi connectivity index (χ4v) is 4.87. The van der Waals surface area contributed by atoms with E-state index >= 15 is 0 Å². The van der Waals surface area contributed by atoms with Gasteiger partial charge in [-0.15, -0.1) is 0 Å². The van der Waals surface area contributed by atoms with E-state index in [1.807, 2.05) is 20.8 Å². The molecule has 13 heteroatoms. The number of unbranched alkanes of at least 4 members (excludes halogenated alkanes) is 2. The van der Waals surface area contributed by atoms with Gasteiger partial charge in [-0.25, -0.2) is 0 Å². The van der Waals surface area contributed by atoms with E-state index < -0.39 is 11.2 Å². The van der Waals surface area contributed by atoms with Crippen LogP contribution in [0.1, 0.15) is 144 Å². The smallest absolute Gasteiger partial charge is 0.306 e. The third kappa shape index (κ3) is 29.7. The van der Waals surface area contributed by atoms with Crippen LogP contribution in [0.3, 0.4) is 0 Å². The second kappa shape index (κ2) is 26.6. The molecule has 0 radical (unpaired) electrons. The first-order chi connectivity index (χ1) is 23.4. The van der Waals surface area contributed by atoms with Gasteiger partial charge in [-0.2, -0.15) is 0 Å². The van der Waals surface area contributed by atoms with Crippen molar-refractivity contribution in [3.05, 3.63) is 0 Å². The first-order valence-corrected chi connectivity index (χ1v) is 18.0. The van der Waals surface area contributed by atoms with Gasteiger partial charge in [-0.05, 0) is 111 Å². The number of hydrogen-bond acceptors (Lipinski definition) is 13. The molecule has 13 nitrogen and oxygen atoms in total. The lowest BCUT2D eigenvalue weighted by molar-refractivity contribution is -0.157. The summed E-state index contributed by atoms with van der Waals surface area (Å²) in [6, 6.07) is 0. The first kappa shape index (κ1) is 46.8. The van der Waals surface area contributed by atoms with Crippen LogP contribution in [0.4, 0.5) is 0 Å². The van der Waals surface area contributed by atoms with Crippen LogP contribution in [0.5, 0.6) is 0 Å². The Morgan fingerprint density at radius 2 is 1.38 bits per heavy atom. The average molecular weight is 717 g/mol. The Morgan fingerprint density at radius 1 is 0.740 bits per heavy atom. The molecular formula is C37H64O13. The Kier molecular flexibility index (Phi) is 24.9. The minimum atomic E-state index is -0.564. The molecule has 2 atom stereocenters. The highest BCUT2D eigenvalue weighted by molar-refractivity contribution is 5.72. The Bertz CT molecular complexity index is 1000. The standard InChI is InChI=1S/C19H34O7.C12H20O4.C6H10O2/c1-19(2,3)26-18(23)14-15(9-10-16(21)24-4)11-13-25-17(22)8-6-5-7-12-20;1-12(2,3)16-11(14)8-9-4-5-10(13)15-7-6-9;7-6-4-2-1-3-5-8-6/h15,20H,5-14H2,1-4H3;9H,4-8H2,1-3H3;1-5H2. The Labute approximate surface area is 298 Å². The third-order valence-electron chi connectivity index (χ3n) is 7.40. The molecule has 2 fully saturated rings. The van der Waals surface area contributed by atoms with Gasteiger partial charge >= 0.3 is 35.8 Å². The molecule has 1 N–H and O–H groups in total. The number of methoxy groups -OCH3 is 1. The lowest BCUT2D eigenvalue weighted by Gasteiger charge is -2.22. The summed E-state index contributed by atoms with van der Waals surface area (Å²) in [5, 5.41) is 8.70. The summed E-state index contributed by atoms with van der Waals surface area (Å²) in [5.41, 5.74) is -1.00. The number of hydrogen-bond donors (Lipinski definition) is 1. The first-order valence-electron chi connectivity index (χ1n) is 18.0. The van der Waals surface area contributed by atoms with Crippen molar-refractivity contribution in [1.29, 1.82) is 0 Å². The van der Waals surface area contributed by atoms with E-state index in [1.54, 1.807) is 20.8 Å². The van der Waals surface area contributed by atoms with E-state index in [9.17, 15) is 28.8 Å². The van der Waals surface area contributed by atoms with Gasteiger partial charge in [-0.1, -0.05) is 6.42 Å². The van der Waals surface area contributed by atoms with Gasteiger partial charge in [0.15, 0.2) is 0 Å². The van der Waals surface area contributed by atoms with Crippen LogP contribution >= 0.6 is 0 Å². The average Bonchev–Trinajstić information content (AvgIpc) is 3.37. The van der Waals surface area contributed by atoms with E-state index in [1.165, 1.54) is 7.11 Å². The summed E-state index contributed by atoms with van der Waals surface area (Å²) in [6.07, 6.45) is 9.90. The molecule has 0 aromatic carbocycles. The number of carbonyl (C=O) groups is 6. The number of rotatable bonds is 15. The van der Waals surface area contributed by atoms with Crippen molar-refractivity contribution in [3.8, 4) is 0 Å².